The molecule has 0 bridgehead atoms. The van der Waals surface area contributed by atoms with Crippen LogP contribution in [0, 0.1) is 0 Å². The van der Waals surface area contributed by atoms with E-state index in [9.17, 15) is 0 Å². The Morgan fingerprint density at radius 3 is 1.52 bits per heavy atom. The van der Waals surface area contributed by atoms with Crippen molar-refractivity contribution in [2.24, 2.45) is 0 Å². The van der Waals surface area contributed by atoms with Crippen LogP contribution in [0.15, 0.2) is 45.1 Å². The minimum atomic E-state index is 0. The molecule has 4 rings (SSSR count). The van der Waals surface area contributed by atoms with E-state index in [1.54, 1.807) is 0 Å². The van der Waals surface area contributed by atoms with E-state index in [1.165, 1.54) is 22.7 Å². The maximum absolute atomic E-state index is 5.76. The molecule has 0 fully saturated rings. The minimum Gasteiger partial charge on any atom is -0.408 e. The van der Waals surface area contributed by atoms with Crippen molar-refractivity contribution >= 4 is 91.6 Å². The number of aromatic nitrogens is 2. The first kappa shape index (κ1) is 19.2. The molecule has 2 aromatic heterocycles. The van der Waals surface area contributed by atoms with Gasteiger partial charge in [-0.1, -0.05) is 35.3 Å². The van der Waals surface area contributed by atoms with E-state index in [-0.39, 0.29) is 19.5 Å². The zero-order valence-electron chi connectivity index (χ0n) is 11.5. The second-order valence-electron chi connectivity index (χ2n) is 4.18. The molecular formula is C14H6Cl2N2S4Zn. The largest absolute Gasteiger partial charge is 2.00 e. The minimum absolute atomic E-state index is 0. The van der Waals surface area contributed by atoms with Crippen molar-refractivity contribution in [3.63, 3.8) is 0 Å². The van der Waals surface area contributed by atoms with Crippen molar-refractivity contribution in [2.75, 3.05) is 0 Å². The zero-order valence-corrected chi connectivity index (χ0v) is 19.2. The van der Waals surface area contributed by atoms with Crippen molar-refractivity contribution < 1.29 is 19.5 Å². The first-order valence-corrected chi connectivity index (χ1v) is 9.18. The van der Waals surface area contributed by atoms with Crippen molar-refractivity contribution in [3.8, 4) is 0 Å². The number of hydrogen-bond acceptors (Lipinski definition) is 6. The van der Waals surface area contributed by atoms with E-state index in [2.05, 4.69) is 9.97 Å². The van der Waals surface area contributed by atoms with Crippen LogP contribution in [-0.4, -0.2) is 9.97 Å². The summed E-state index contributed by atoms with van der Waals surface area (Å²) in [6.07, 6.45) is 0. The summed E-state index contributed by atoms with van der Waals surface area (Å²) in [5.41, 5.74) is 1.79. The fourth-order valence-corrected chi connectivity index (χ4v) is 4.18. The number of fused-ring (bicyclic) bond motifs is 2. The number of hydrogen-bond donors (Lipinski definition) is 0. The molecule has 0 atom stereocenters. The molecule has 2 nitrogen and oxygen atoms in total. The maximum Gasteiger partial charge on any atom is 2.00 e. The topological polar surface area (TPSA) is 25.8 Å². The van der Waals surface area contributed by atoms with Crippen LogP contribution >= 0.6 is 45.9 Å². The maximum atomic E-state index is 5.76. The molecule has 112 valence electrons. The molecule has 2 heterocycles. The van der Waals surface area contributed by atoms with Crippen LogP contribution in [0.25, 0.3) is 20.4 Å². The standard InChI is InChI=1S/2C7H4ClNS2.Zn/c2*8-4-1-2-6-5(3-4)9-7(10)11-6;/h2*1-3H,(H,9,10);/q;;+2/p-2. The molecule has 23 heavy (non-hydrogen) atoms. The number of halogens is 2. The van der Waals surface area contributed by atoms with Crippen LogP contribution in [0.2, 0.25) is 10.0 Å². The summed E-state index contributed by atoms with van der Waals surface area (Å²) in [5, 5.41) is 1.41. The Labute approximate surface area is 174 Å². The van der Waals surface area contributed by atoms with Crippen LogP contribution in [0.1, 0.15) is 0 Å². The molecule has 9 heteroatoms. The molecule has 2 aromatic carbocycles. The fraction of sp³-hybridized carbons (Fsp3) is 0. The van der Waals surface area contributed by atoms with Gasteiger partial charge in [0.1, 0.15) is 0 Å². The molecule has 0 N–H and O–H groups in total. The Kier molecular flexibility index (Phi) is 6.92. The van der Waals surface area contributed by atoms with Crippen LogP contribution in [0.3, 0.4) is 0 Å². The first-order valence-electron chi connectivity index (χ1n) is 5.97. The molecule has 0 aliphatic rings. The van der Waals surface area contributed by atoms with E-state index in [1.807, 2.05) is 36.4 Å². The summed E-state index contributed by atoms with van der Waals surface area (Å²) in [6.45, 7) is 0. The molecule has 0 spiro atoms. The predicted octanol–water partition coefficient (Wildman–Crippen LogP) is 5.71. The van der Waals surface area contributed by atoms with Crippen molar-refractivity contribution in [2.45, 2.75) is 8.68 Å². The number of benzene rings is 2. The van der Waals surface area contributed by atoms with Crippen LogP contribution < -0.4 is 0 Å². The van der Waals surface area contributed by atoms with Crippen molar-refractivity contribution in [3.05, 3.63) is 46.4 Å². The molecule has 0 amide bonds. The monoisotopic (exact) mass is 464 g/mol. The molecular weight excluding hydrogens is 461 g/mol. The average molecular weight is 467 g/mol. The second kappa shape index (κ2) is 8.30. The molecule has 0 saturated heterocycles. The Hall–Kier alpha value is -0.137. The van der Waals surface area contributed by atoms with Gasteiger partial charge < -0.3 is 47.9 Å². The summed E-state index contributed by atoms with van der Waals surface area (Å²) >= 11 is 24.4. The molecule has 0 radical (unpaired) electrons. The Balaban J connectivity index is 0.000000160. The fourth-order valence-electron chi connectivity index (χ4n) is 1.76. The zero-order chi connectivity index (χ0) is 15.7. The third kappa shape index (κ3) is 4.92. The van der Waals surface area contributed by atoms with Gasteiger partial charge in [0.05, 0.1) is 11.0 Å². The van der Waals surface area contributed by atoms with E-state index < -0.39 is 0 Å². The van der Waals surface area contributed by atoms with Gasteiger partial charge in [0.2, 0.25) is 0 Å². The van der Waals surface area contributed by atoms with E-state index in [4.69, 9.17) is 48.5 Å². The van der Waals surface area contributed by atoms with Gasteiger partial charge in [0.15, 0.2) is 0 Å². The number of rotatable bonds is 0. The van der Waals surface area contributed by atoms with Gasteiger partial charge in [-0.25, -0.2) is 0 Å². The summed E-state index contributed by atoms with van der Waals surface area (Å²) in [6, 6.07) is 11.2. The van der Waals surface area contributed by atoms with E-state index >= 15 is 0 Å². The van der Waals surface area contributed by atoms with Gasteiger partial charge in [-0.05, 0) is 42.3 Å². The van der Waals surface area contributed by atoms with Gasteiger partial charge in [0.25, 0.3) is 0 Å². The van der Waals surface area contributed by atoms with E-state index in [0.717, 1.165) is 20.4 Å². The van der Waals surface area contributed by atoms with Gasteiger partial charge in [-0.2, -0.15) is 0 Å². The quantitative estimate of drug-likeness (QED) is 0.245. The Morgan fingerprint density at radius 1 is 0.739 bits per heavy atom. The molecule has 4 aromatic rings. The van der Waals surface area contributed by atoms with Crippen LogP contribution in [0.5, 0.6) is 0 Å². The summed E-state index contributed by atoms with van der Waals surface area (Å²) in [5.74, 6) is 0. The van der Waals surface area contributed by atoms with Gasteiger partial charge >= 0.3 is 19.5 Å². The SMILES string of the molecule is [S-]c1nc2cc(Cl)ccc2s1.[S-]c1nc2cc(Cl)ccc2s1.[Zn+2]. The second-order valence-corrected chi connectivity index (χ2v) is 8.41. The molecule has 0 saturated carbocycles. The molecule has 0 aliphatic heterocycles. The number of thiazole rings is 2. The van der Waals surface area contributed by atoms with E-state index in [0.29, 0.717) is 18.7 Å². The van der Waals surface area contributed by atoms with Gasteiger partial charge in [0, 0.05) is 10.0 Å². The van der Waals surface area contributed by atoms with Crippen molar-refractivity contribution in [1.29, 1.82) is 0 Å². The molecule has 0 aliphatic carbocycles. The Morgan fingerprint density at radius 2 is 1.13 bits per heavy atom. The predicted molar refractivity (Wildman–Crippen MR) is 101 cm³/mol. The Bertz CT molecular complexity index is 876. The summed E-state index contributed by atoms with van der Waals surface area (Å²) in [4.78, 5) is 8.25. The third-order valence-corrected chi connectivity index (χ3v) is 5.47. The third-order valence-electron chi connectivity index (χ3n) is 2.66. The summed E-state index contributed by atoms with van der Waals surface area (Å²) < 4.78 is 3.53. The number of nitrogens with zero attached hydrogens (tertiary/aromatic N) is 2. The van der Waals surface area contributed by atoms with Crippen LogP contribution in [-0.2, 0) is 44.7 Å². The normalized spacial score (nSPS) is 10.2. The van der Waals surface area contributed by atoms with Crippen molar-refractivity contribution in [1.82, 2.24) is 9.97 Å². The molecule has 0 unspecified atom stereocenters. The first-order chi connectivity index (χ1) is 10.5. The smallest absolute Gasteiger partial charge is 0.408 e. The van der Waals surface area contributed by atoms with Crippen LogP contribution in [0.4, 0.5) is 0 Å². The average Bonchev–Trinajstić information content (AvgIpc) is 2.99. The van der Waals surface area contributed by atoms with Gasteiger partial charge in [-0.3, -0.25) is 9.97 Å². The summed E-state index contributed by atoms with van der Waals surface area (Å²) in [7, 11) is 0. The van der Waals surface area contributed by atoms with Gasteiger partial charge in [-0.15, -0.1) is 0 Å².